The van der Waals surface area contributed by atoms with E-state index < -0.39 is 0 Å². The lowest BCUT2D eigenvalue weighted by Gasteiger charge is -2.22. The smallest absolute Gasteiger partial charge is 0.305 e. The third-order valence-electron chi connectivity index (χ3n) is 2.39. The monoisotopic (exact) mass is 305 g/mol. The minimum atomic E-state index is -0.150. The van der Waals surface area contributed by atoms with Crippen LogP contribution in [-0.2, 0) is 9.53 Å². The highest BCUT2D eigenvalue weighted by molar-refractivity contribution is 9.10. The lowest BCUT2D eigenvalue weighted by atomic mass is 10.1. The molecule has 0 aliphatic heterocycles. The highest BCUT2D eigenvalue weighted by atomic mass is 79.9. The molecule has 0 saturated heterocycles. The largest absolute Gasteiger partial charge is 0.469 e. The van der Waals surface area contributed by atoms with Gasteiger partial charge < -0.3 is 9.64 Å². The molecule has 0 amide bonds. The van der Waals surface area contributed by atoms with Crippen LogP contribution in [0.1, 0.15) is 23.8 Å². The highest BCUT2D eigenvalue weighted by Crippen LogP contribution is 2.31. The van der Waals surface area contributed by atoms with Crippen LogP contribution in [0.3, 0.4) is 0 Å². The Labute approximate surface area is 109 Å². The molecule has 1 aromatic heterocycles. The van der Waals surface area contributed by atoms with E-state index in [0.29, 0.717) is 6.42 Å². The van der Waals surface area contributed by atoms with Crippen molar-refractivity contribution in [3.63, 3.8) is 0 Å². The maximum atomic E-state index is 11.1. The molecule has 0 spiro atoms. The topological polar surface area (TPSA) is 29.5 Å². The van der Waals surface area contributed by atoms with Gasteiger partial charge >= 0.3 is 5.97 Å². The molecule has 0 aliphatic carbocycles. The van der Waals surface area contributed by atoms with E-state index in [4.69, 9.17) is 0 Å². The number of carbonyl (C=O) groups excluding carboxylic acids is 1. The molecule has 1 heterocycles. The van der Waals surface area contributed by atoms with Crippen LogP contribution in [0.2, 0.25) is 0 Å². The van der Waals surface area contributed by atoms with Gasteiger partial charge in [-0.05, 0) is 42.5 Å². The molecule has 1 unspecified atom stereocenters. The Morgan fingerprint density at radius 1 is 1.62 bits per heavy atom. The van der Waals surface area contributed by atoms with Gasteiger partial charge in [-0.25, -0.2) is 0 Å². The molecule has 0 fully saturated rings. The minimum absolute atomic E-state index is 0.150. The number of ether oxygens (including phenoxy) is 1. The van der Waals surface area contributed by atoms with E-state index in [0.717, 1.165) is 10.9 Å². The Balaban J connectivity index is 2.65. The second-order valence-corrected chi connectivity index (χ2v) is 5.62. The Morgan fingerprint density at radius 2 is 2.31 bits per heavy atom. The molecular weight excluding hydrogens is 290 g/mol. The maximum Gasteiger partial charge on any atom is 0.305 e. The molecule has 0 aromatic carbocycles. The first kappa shape index (κ1) is 13.7. The predicted molar refractivity (Wildman–Crippen MR) is 69.7 cm³/mol. The molecule has 0 N–H and O–H groups in total. The summed E-state index contributed by atoms with van der Waals surface area (Å²) in [5, 5.41) is 2.06. The zero-order chi connectivity index (χ0) is 12.1. The van der Waals surface area contributed by atoms with E-state index in [1.54, 1.807) is 11.3 Å². The Bertz CT molecular complexity index is 352. The summed E-state index contributed by atoms with van der Waals surface area (Å²) in [5.41, 5.74) is 0. The van der Waals surface area contributed by atoms with Gasteiger partial charge in [-0.3, -0.25) is 4.79 Å². The van der Waals surface area contributed by atoms with Crippen LogP contribution in [0.5, 0.6) is 0 Å². The molecule has 1 atom stereocenters. The fourth-order valence-electron chi connectivity index (χ4n) is 1.51. The number of thiophene rings is 1. The van der Waals surface area contributed by atoms with Gasteiger partial charge in [0.25, 0.3) is 0 Å². The van der Waals surface area contributed by atoms with Crippen molar-refractivity contribution in [1.29, 1.82) is 0 Å². The molecule has 0 bridgehead atoms. The first-order valence-corrected chi connectivity index (χ1v) is 6.69. The Morgan fingerprint density at radius 3 is 2.75 bits per heavy atom. The van der Waals surface area contributed by atoms with Crippen molar-refractivity contribution in [2.75, 3.05) is 21.2 Å². The molecule has 0 radical (unpaired) electrons. The van der Waals surface area contributed by atoms with E-state index >= 15 is 0 Å². The summed E-state index contributed by atoms with van der Waals surface area (Å²) >= 11 is 5.15. The molecule has 90 valence electrons. The number of nitrogens with zero attached hydrogens (tertiary/aromatic N) is 1. The summed E-state index contributed by atoms with van der Waals surface area (Å²) in [6.45, 7) is 0. The SMILES string of the molecule is COC(=O)CCC(c1cc(Br)cs1)N(C)C. The zero-order valence-electron chi connectivity index (χ0n) is 9.70. The molecular formula is C11H16BrNO2S. The van der Waals surface area contributed by atoms with Gasteiger partial charge in [0.2, 0.25) is 0 Å². The van der Waals surface area contributed by atoms with Gasteiger partial charge in [-0.2, -0.15) is 0 Å². The average molecular weight is 306 g/mol. The van der Waals surface area contributed by atoms with Crippen LogP contribution >= 0.6 is 27.3 Å². The third kappa shape index (κ3) is 3.88. The number of esters is 1. The lowest BCUT2D eigenvalue weighted by Crippen LogP contribution is -2.20. The fourth-order valence-corrected chi connectivity index (χ4v) is 3.19. The minimum Gasteiger partial charge on any atom is -0.469 e. The lowest BCUT2D eigenvalue weighted by molar-refractivity contribution is -0.141. The third-order valence-corrected chi connectivity index (χ3v) is 4.18. The summed E-state index contributed by atoms with van der Waals surface area (Å²) in [6.07, 6.45) is 1.24. The predicted octanol–water partition coefficient (Wildman–Crippen LogP) is 3.07. The molecule has 0 aliphatic rings. The van der Waals surface area contributed by atoms with E-state index in [-0.39, 0.29) is 12.0 Å². The Kier molecular flexibility index (Phi) is 5.44. The van der Waals surface area contributed by atoms with Crippen molar-refractivity contribution in [2.24, 2.45) is 0 Å². The van der Waals surface area contributed by atoms with E-state index in [9.17, 15) is 4.79 Å². The second-order valence-electron chi connectivity index (χ2n) is 3.76. The highest BCUT2D eigenvalue weighted by Gasteiger charge is 2.17. The van der Waals surface area contributed by atoms with Crippen LogP contribution in [-0.4, -0.2) is 32.1 Å². The molecule has 3 nitrogen and oxygen atoms in total. The summed E-state index contributed by atoms with van der Waals surface area (Å²) in [4.78, 5) is 14.5. The standard InChI is InChI=1S/C11H16BrNO2S/c1-13(2)9(4-5-11(14)15-3)10-6-8(12)7-16-10/h6-7,9H,4-5H2,1-3H3. The average Bonchev–Trinajstić information content (AvgIpc) is 2.64. The van der Waals surface area contributed by atoms with Gasteiger partial charge in [-0.1, -0.05) is 0 Å². The van der Waals surface area contributed by atoms with Crippen LogP contribution in [0.15, 0.2) is 15.9 Å². The van der Waals surface area contributed by atoms with Crippen molar-refractivity contribution in [3.05, 3.63) is 20.8 Å². The van der Waals surface area contributed by atoms with Gasteiger partial charge in [0, 0.05) is 27.2 Å². The van der Waals surface area contributed by atoms with Crippen molar-refractivity contribution in [1.82, 2.24) is 4.90 Å². The van der Waals surface area contributed by atoms with Crippen molar-refractivity contribution < 1.29 is 9.53 Å². The van der Waals surface area contributed by atoms with Crippen LogP contribution < -0.4 is 0 Å². The summed E-state index contributed by atoms with van der Waals surface area (Å²) in [7, 11) is 5.47. The van der Waals surface area contributed by atoms with Gasteiger partial charge in [0.15, 0.2) is 0 Å². The molecule has 1 rings (SSSR count). The van der Waals surface area contributed by atoms with Crippen molar-refractivity contribution in [3.8, 4) is 0 Å². The molecule has 0 saturated carbocycles. The number of carbonyl (C=O) groups is 1. The Hall–Kier alpha value is -0.390. The fraction of sp³-hybridized carbons (Fsp3) is 0.545. The summed E-state index contributed by atoms with van der Waals surface area (Å²) in [5.74, 6) is -0.150. The van der Waals surface area contributed by atoms with Gasteiger partial charge in [0.1, 0.15) is 0 Å². The van der Waals surface area contributed by atoms with Crippen molar-refractivity contribution >= 4 is 33.2 Å². The number of hydrogen-bond donors (Lipinski definition) is 0. The quantitative estimate of drug-likeness (QED) is 0.783. The summed E-state index contributed by atoms with van der Waals surface area (Å²) < 4.78 is 5.75. The van der Waals surface area contributed by atoms with Crippen LogP contribution in [0.4, 0.5) is 0 Å². The van der Waals surface area contributed by atoms with E-state index in [2.05, 4.69) is 37.0 Å². The summed E-state index contributed by atoms with van der Waals surface area (Å²) in [6, 6.07) is 2.38. The van der Waals surface area contributed by atoms with E-state index in [1.165, 1.54) is 12.0 Å². The maximum absolute atomic E-state index is 11.1. The van der Waals surface area contributed by atoms with Gasteiger partial charge in [-0.15, -0.1) is 11.3 Å². The molecule has 1 aromatic rings. The second kappa shape index (κ2) is 6.37. The first-order chi connectivity index (χ1) is 7.54. The number of hydrogen-bond acceptors (Lipinski definition) is 4. The number of methoxy groups -OCH3 is 1. The molecule has 5 heteroatoms. The number of halogens is 1. The normalized spacial score (nSPS) is 12.8. The first-order valence-electron chi connectivity index (χ1n) is 5.01. The van der Waals surface area contributed by atoms with Gasteiger partial charge in [0.05, 0.1) is 7.11 Å². The van der Waals surface area contributed by atoms with Crippen LogP contribution in [0, 0.1) is 0 Å². The van der Waals surface area contributed by atoms with Crippen molar-refractivity contribution in [2.45, 2.75) is 18.9 Å². The zero-order valence-corrected chi connectivity index (χ0v) is 12.1. The number of rotatable bonds is 5. The van der Waals surface area contributed by atoms with Crippen LogP contribution in [0.25, 0.3) is 0 Å². The van der Waals surface area contributed by atoms with E-state index in [1.807, 2.05) is 14.1 Å². The molecule has 16 heavy (non-hydrogen) atoms.